The van der Waals surface area contributed by atoms with Crippen LogP contribution in [-0.2, 0) is 19.7 Å². The number of amides is 1. The summed E-state index contributed by atoms with van der Waals surface area (Å²) in [7, 11) is -5.55. The maximum Gasteiger partial charge on any atom is 0.307 e. The average Bonchev–Trinajstić information content (AvgIpc) is 3.17. The molecule has 3 atom stereocenters. The number of aromatic hydroxyl groups is 1. The molecule has 0 heterocycles. The van der Waals surface area contributed by atoms with Crippen LogP contribution >= 0.6 is 15.5 Å². The highest BCUT2D eigenvalue weighted by atomic mass is 32.2. The summed E-state index contributed by atoms with van der Waals surface area (Å²) < 4.78 is 47.0. The van der Waals surface area contributed by atoms with Crippen molar-refractivity contribution >= 4 is 82.0 Å². The van der Waals surface area contributed by atoms with Gasteiger partial charge < -0.3 is 34.8 Å². The molecule has 0 fully saturated rings. The van der Waals surface area contributed by atoms with Crippen molar-refractivity contribution in [2.75, 3.05) is 18.5 Å². The summed E-state index contributed by atoms with van der Waals surface area (Å²) in [6.07, 6.45) is 0. The number of nitrogens with zero attached hydrogens (tertiary/aromatic N) is 4. The summed E-state index contributed by atoms with van der Waals surface area (Å²) in [5.74, 6) is -4.74. The van der Waals surface area contributed by atoms with E-state index in [9.17, 15) is 42.6 Å². The molecule has 3 unspecified atom stereocenters. The maximum absolute atomic E-state index is 13.7. The Balaban J connectivity index is 1.55. The van der Waals surface area contributed by atoms with Crippen LogP contribution in [0.5, 0.6) is 17.2 Å². The van der Waals surface area contributed by atoms with E-state index in [4.69, 9.17) is 9.47 Å². The van der Waals surface area contributed by atoms with E-state index >= 15 is 0 Å². The summed E-state index contributed by atoms with van der Waals surface area (Å²) >= 11 is 0. The number of phenolic OH excluding ortho intramolecular Hbond substituents is 1. The van der Waals surface area contributed by atoms with Crippen molar-refractivity contribution in [1.82, 2.24) is 0 Å². The van der Waals surface area contributed by atoms with Gasteiger partial charge in [-0.1, -0.05) is 64.8 Å². The number of phenols is 1. The van der Waals surface area contributed by atoms with E-state index in [0.29, 0.717) is 5.69 Å². The van der Waals surface area contributed by atoms with Crippen LogP contribution in [0.15, 0.2) is 116 Å². The van der Waals surface area contributed by atoms with Crippen LogP contribution in [0.3, 0.4) is 0 Å². The Morgan fingerprint density at radius 3 is 2.02 bits per heavy atom. The van der Waals surface area contributed by atoms with Gasteiger partial charge in [-0.05, 0) is 67.1 Å². The standard InChI is InChI=1S/C39H41N5O11P2S/c1-5-54-32-21-31(33(55-6-2)20-30(32)42-41-27-13-10-14-28(18-27)57(49,50)56)43-44-36-34(58(51,52)53)17-25-15-16-26(19-29(25)37(36)45)40-38(46)35(23(4)39(47)48)22(3)24-11-8-7-9-12-24/h7-23,35,45,49-50,56H,5-6H2,1-4H3,(H,40,46)(H,47,48)(H,51,52,53). The summed E-state index contributed by atoms with van der Waals surface area (Å²) in [6.45, 7) is 6.98. The minimum absolute atomic E-state index is 0.0216. The van der Waals surface area contributed by atoms with E-state index < -0.39 is 63.1 Å². The molecule has 58 heavy (non-hydrogen) atoms. The predicted molar refractivity (Wildman–Crippen MR) is 222 cm³/mol. The molecular weight excluding hydrogens is 808 g/mol. The molecule has 0 spiro atoms. The molecule has 5 rings (SSSR count). The van der Waals surface area contributed by atoms with Crippen molar-refractivity contribution in [3.63, 3.8) is 0 Å². The minimum atomic E-state index is -4.99. The molecule has 16 nitrogen and oxygen atoms in total. The van der Waals surface area contributed by atoms with Crippen LogP contribution < -0.4 is 20.1 Å². The number of anilines is 1. The minimum Gasteiger partial charge on any atom is -0.505 e. The van der Waals surface area contributed by atoms with Gasteiger partial charge in [0.05, 0.1) is 30.7 Å². The number of carbonyl (C=O) groups excluding carboxylic acids is 1. The number of carboxylic acid groups (broad SMARTS) is 1. The lowest BCUT2D eigenvalue weighted by Crippen LogP contribution is -2.35. The van der Waals surface area contributed by atoms with Crippen LogP contribution in [0, 0.1) is 11.8 Å². The Bertz CT molecular complexity index is 2570. The average molecular weight is 850 g/mol. The van der Waals surface area contributed by atoms with Crippen LogP contribution in [0.4, 0.5) is 28.4 Å². The molecule has 1 amide bonds. The molecule has 0 bridgehead atoms. The number of rotatable bonds is 16. The maximum atomic E-state index is 13.7. The van der Waals surface area contributed by atoms with E-state index in [0.717, 1.165) is 11.6 Å². The molecular formula is C39H41N5O11P2S. The number of nitrogens with one attached hydrogen (secondary N) is 1. The van der Waals surface area contributed by atoms with E-state index in [2.05, 4.69) is 34.3 Å². The molecule has 19 heteroatoms. The number of hydrogen-bond donors (Lipinski definition) is 6. The number of aliphatic carboxylic acids is 1. The van der Waals surface area contributed by atoms with Gasteiger partial charge in [0.1, 0.15) is 33.5 Å². The van der Waals surface area contributed by atoms with Gasteiger partial charge in [0, 0.05) is 28.5 Å². The van der Waals surface area contributed by atoms with E-state index in [1.165, 1.54) is 49.4 Å². The molecule has 0 saturated heterocycles. The van der Waals surface area contributed by atoms with E-state index in [-0.39, 0.29) is 57.9 Å². The summed E-state index contributed by atoms with van der Waals surface area (Å²) in [4.78, 5) is 45.0. The molecule has 0 saturated carbocycles. The fourth-order valence-electron chi connectivity index (χ4n) is 6.14. The first-order valence-corrected chi connectivity index (χ1v) is 22.2. The third kappa shape index (κ3) is 10.3. The van der Waals surface area contributed by atoms with E-state index in [1.807, 2.05) is 6.07 Å². The largest absolute Gasteiger partial charge is 0.505 e. The van der Waals surface area contributed by atoms with Crippen molar-refractivity contribution < 1.29 is 52.0 Å². The molecule has 0 aromatic heterocycles. The second kappa shape index (κ2) is 18.4. The van der Waals surface area contributed by atoms with Crippen LogP contribution in [0.25, 0.3) is 10.8 Å². The normalized spacial score (nSPS) is 13.7. The fraction of sp³-hybridized carbons (Fsp3) is 0.231. The molecule has 0 aliphatic rings. The van der Waals surface area contributed by atoms with Gasteiger partial charge in [0.25, 0.3) is 10.1 Å². The van der Waals surface area contributed by atoms with E-state index in [1.54, 1.807) is 57.2 Å². The van der Waals surface area contributed by atoms with Crippen molar-refractivity contribution in [3.8, 4) is 17.2 Å². The third-order valence-corrected chi connectivity index (χ3v) is 11.7. The summed E-state index contributed by atoms with van der Waals surface area (Å²) in [6, 6.07) is 23.3. The van der Waals surface area contributed by atoms with Crippen LogP contribution in [0.2, 0.25) is 0 Å². The quantitative estimate of drug-likeness (QED) is 0.0310. The highest BCUT2D eigenvalue weighted by Crippen LogP contribution is 2.46. The number of fused-ring (bicyclic) bond motifs is 1. The number of azo groups is 2. The summed E-state index contributed by atoms with van der Waals surface area (Å²) in [5, 5.41) is 41.2. The van der Waals surface area contributed by atoms with Crippen LogP contribution in [-0.4, -0.2) is 58.1 Å². The lowest BCUT2D eigenvalue weighted by atomic mass is 9.79. The van der Waals surface area contributed by atoms with Gasteiger partial charge in [0.2, 0.25) is 5.91 Å². The highest BCUT2D eigenvalue weighted by molar-refractivity contribution is 7.96. The SMILES string of the molecule is CCOc1cc(N=Nc2c(S(=O)(=O)O)cc3ccc(NC(=O)C(C(C)C(=O)O)C(C)c4ccccc4)cc3c2O)c(OCC)cc1N=Nc1cccc(P(O)(O)=P)c1. The number of carboxylic acids is 1. The van der Waals surface area contributed by atoms with Gasteiger partial charge in [-0.25, -0.2) is 0 Å². The second-order valence-electron chi connectivity index (χ2n) is 13.0. The number of hydrogen-bond acceptors (Lipinski definition) is 11. The van der Waals surface area contributed by atoms with Gasteiger partial charge in [-0.3, -0.25) is 14.1 Å². The molecule has 5 aromatic carbocycles. The summed E-state index contributed by atoms with van der Waals surface area (Å²) in [5.41, 5.74) is 0.817. The second-order valence-corrected chi connectivity index (χ2v) is 18.0. The zero-order chi connectivity index (χ0) is 42.4. The first-order valence-electron chi connectivity index (χ1n) is 17.8. The van der Waals surface area contributed by atoms with Crippen molar-refractivity contribution in [2.45, 2.75) is 38.5 Å². The smallest absolute Gasteiger partial charge is 0.307 e. The zero-order valence-corrected chi connectivity index (χ0v) is 34.3. The first-order chi connectivity index (χ1) is 27.4. The first kappa shape index (κ1) is 43.6. The molecule has 304 valence electrons. The topological polar surface area (TPSA) is 249 Å². The Morgan fingerprint density at radius 2 is 1.45 bits per heavy atom. The third-order valence-electron chi connectivity index (χ3n) is 9.05. The predicted octanol–water partition coefficient (Wildman–Crippen LogP) is 9.01. The number of carbonyl (C=O) groups is 2. The van der Waals surface area contributed by atoms with Gasteiger partial charge >= 0.3 is 5.97 Å². The highest BCUT2D eigenvalue weighted by Gasteiger charge is 2.35. The Kier molecular flexibility index (Phi) is 13.8. The van der Waals surface area contributed by atoms with Gasteiger partial charge in [-0.2, -0.15) is 13.5 Å². The molecule has 0 aliphatic carbocycles. The Hall–Kier alpha value is -5.54. The lowest BCUT2D eigenvalue weighted by molar-refractivity contribution is -0.146. The zero-order valence-electron chi connectivity index (χ0n) is 31.6. The monoisotopic (exact) mass is 849 g/mol. The molecule has 5 aromatic rings. The number of ether oxygens (including phenoxy) is 2. The molecule has 6 N–H and O–H groups in total. The van der Waals surface area contributed by atoms with Crippen molar-refractivity contribution in [1.29, 1.82) is 0 Å². The Labute approximate surface area is 336 Å². The van der Waals surface area contributed by atoms with Crippen molar-refractivity contribution in [3.05, 3.63) is 96.6 Å². The van der Waals surface area contributed by atoms with Gasteiger partial charge in [0.15, 0.2) is 12.8 Å². The lowest BCUT2D eigenvalue weighted by Gasteiger charge is -2.27. The van der Waals surface area contributed by atoms with Crippen LogP contribution in [0.1, 0.15) is 39.2 Å². The number of benzene rings is 5. The molecule has 0 aliphatic heterocycles. The van der Waals surface area contributed by atoms with Crippen molar-refractivity contribution in [2.24, 2.45) is 32.3 Å². The molecule has 0 radical (unpaired) electrons. The van der Waals surface area contributed by atoms with Gasteiger partial charge in [-0.15, -0.1) is 15.3 Å². The fourth-order valence-corrected chi connectivity index (χ4v) is 7.83. The Morgan fingerprint density at radius 1 is 0.828 bits per heavy atom.